The average Bonchev–Trinajstić information content (AvgIpc) is 3.27. The molecule has 8 aromatic carbocycles. The number of hydrogen-bond acceptors (Lipinski definition) is 3. The molecule has 0 unspecified atom stereocenters. The zero-order valence-corrected chi connectivity index (χ0v) is 29.5. The lowest BCUT2D eigenvalue weighted by Crippen LogP contribution is -2.01. The third-order valence-corrected chi connectivity index (χ3v) is 9.80. The summed E-state index contributed by atoms with van der Waals surface area (Å²) in [7, 11) is 0. The van der Waals surface area contributed by atoms with Crippen molar-refractivity contribution in [3.63, 3.8) is 0 Å². The Balaban J connectivity index is 1.15. The van der Waals surface area contributed by atoms with E-state index >= 15 is 0 Å². The molecule has 0 bridgehead atoms. The fourth-order valence-electron chi connectivity index (χ4n) is 7.13. The van der Waals surface area contributed by atoms with Gasteiger partial charge in [-0.2, -0.15) is 0 Å². The van der Waals surface area contributed by atoms with E-state index in [1.807, 2.05) is 18.2 Å². The molecule has 1 heterocycles. The van der Waals surface area contributed by atoms with Crippen LogP contribution in [0.3, 0.4) is 0 Å². The van der Waals surface area contributed by atoms with Gasteiger partial charge in [0.05, 0.1) is 0 Å². The molecule has 0 radical (unpaired) electrons. The van der Waals surface area contributed by atoms with Gasteiger partial charge in [-0.1, -0.05) is 206 Å². The minimum Gasteiger partial charge on any atom is -0.208 e. The van der Waals surface area contributed by atoms with Gasteiger partial charge in [-0.25, -0.2) is 15.0 Å². The molecule has 9 rings (SSSR count). The number of nitrogens with zero attached hydrogens (tertiary/aromatic N) is 3. The number of rotatable bonds is 8. The van der Waals surface area contributed by atoms with E-state index in [0.717, 1.165) is 44.5 Å². The molecule has 0 saturated carbocycles. The van der Waals surface area contributed by atoms with Gasteiger partial charge >= 0.3 is 0 Å². The minimum atomic E-state index is 0.622. The van der Waals surface area contributed by atoms with E-state index in [1.165, 1.54) is 27.8 Å². The minimum absolute atomic E-state index is 0.622. The van der Waals surface area contributed by atoms with Crippen LogP contribution < -0.4 is 0 Å². The SMILES string of the molecule is c1ccc(-c2cccc(-c3nc(-c4ccc(-c5ccccc5-c5ccccc5-c5ccccc5)cc4)nc(-c4ccccc4-c4ccccc4)n3)c2)cc1. The van der Waals surface area contributed by atoms with Gasteiger partial charge in [-0.05, 0) is 61.7 Å². The summed E-state index contributed by atoms with van der Waals surface area (Å²) in [6, 6.07) is 74.0. The highest BCUT2D eigenvalue weighted by molar-refractivity contribution is 5.92. The molecular weight excluding hydrogens is 655 g/mol. The third kappa shape index (κ3) is 6.63. The second-order valence-corrected chi connectivity index (χ2v) is 13.2. The van der Waals surface area contributed by atoms with Gasteiger partial charge in [0.25, 0.3) is 0 Å². The Bertz CT molecular complexity index is 2690. The largest absolute Gasteiger partial charge is 0.208 e. The fraction of sp³-hybridized carbons (Fsp3) is 0. The lowest BCUT2D eigenvalue weighted by atomic mass is 9.89. The molecule has 254 valence electrons. The van der Waals surface area contributed by atoms with Crippen molar-refractivity contribution in [2.24, 2.45) is 0 Å². The van der Waals surface area contributed by atoms with Crippen LogP contribution in [0.4, 0.5) is 0 Å². The molecule has 0 N–H and O–H groups in total. The van der Waals surface area contributed by atoms with Crippen molar-refractivity contribution >= 4 is 0 Å². The molecule has 3 nitrogen and oxygen atoms in total. The van der Waals surface area contributed by atoms with Crippen LogP contribution in [0.2, 0.25) is 0 Å². The molecule has 54 heavy (non-hydrogen) atoms. The predicted octanol–water partition coefficient (Wildman–Crippen LogP) is 13.2. The standard InChI is InChI=1S/C51H35N3/c1-4-17-36(18-5-1)41-23-16-24-42(35-41)50-52-49(53-51(54-50)48-30-15-12-27-45(48)38-21-8-3-9-22-38)40-33-31-39(32-34-40)44-26-11-14-29-47(44)46-28-13-10-25-43(46)37-19-6-2-7-20-37/h1-35H. The van der Waals surface area contributed by atoms with Crippen molar-refractivity contribution in [2.45, 2.75) is 0 Å². The summed E-state index contributed by atoms with van der Waals surface area (Å²) in [6.45, 7) is 0. The van der Waals surface area contributed by atoms with Gasteiger partial charge in [0.15, 0.2) is 17.5 Å². The lowest BCUT2D eigenvalue weighted by Gasteiger charge is -2.15. The van der Waals surface area contributed by atoms with Crippen LogP contribution in [-0.4, -0.2) is 15.0 Å². The van der Waals surface area contributed by atoms with Crippen molar-refractivity contribution in [1.82, 2.24) is 15.0 Å². The van der Waals surface area contributed by atoms with E-state index in [4.69, 9.17) is 15.0 Å². The van der Waals surface area contributed by atoms with Crippen molar-refractivity contribution in [1.29, 1.82) is 0 Å². The Kier molecular flexibility index (Phi) is 8.94. The summed E-state index contributed by atoms with van der Waals surface area (Å²) in [5.74, 6) is 1.88. The highest BCUT2D eigenvalue weighted by Gasteiger charge is 2.17. The first kappa shape index (κ1) is 32.7. The molecule has 0 aliphatic rings. The Morgan fingerprint density at radius 1 is 0.185 bits per heavy atom. The van der Waals surface area contributed by atoms with E-state index in [-0.39, 0.29) is 0 Å². The van der Waals surface area contributed by atoms with Gasteiger partial charge < -0.3 is 0 Å². The Morgan fingerprint density at radius 2 is 0.519 bits per heavy atom. The van der Waals surface area contributed by atoms with E-state index < -0.39 is 0 Å². The normalized spacial score (nSPS) is 11.0. The maximum Gasteiger partial charge on any atom is 0.164 e. The highest BCUT2D eigenvalue weighted by Crippen LogP contribution is 2.39. The molecule has 1 aromatic heterocycles. The van der Waals surface area contributed by atoms with Crippen LogP contribution in [0.1, 0.15) is 0 Å². The van der Waals surface area contributed by atoms with Crippen molar-refractivity contribution < 1.29 is 0 Å². The predicted molar refractivity (Wildman–Crippen MR) is 223 cm³/mol. The molecule has 0 aliphatic carbocycles. The maximum absolute atomic E-state index is 5.16. The lowest BCUT2D eigenvalue weighted by molar-refractivity contribution is 1.07. The summed E-state index contributed by atoms with van der Waals surface area (Å²) in [5, 5.41) is 0. The van der Waals surface area contributed by atoms with Gasteiger partial charge in [-0.15, -0.1) is 0 Å². The summed E-state index contributed by atoms with van der Waals surface area (Å²) in [5.41, 5.74) is 14.3. The topological polar surface area (TPSA) is 38.7 Å². The van der Waals surface area contributed by atoms with Gasteiger partial charge in [0.2, 0.25) is 0 Å². The van der Waals surface area contributed by atoms with Crippen LogP contribution in [0, 0.1) is 0 Å². The van der Waals surface area contributed by atoms with E-state index in [2.05, 4.69) is 194 Å². The first-order valence-electron chi connectivity index (χ1n) is 18.2. The molecule has 0 aliphatic heterocycles. The molecule has 0 spiro atoms. The summed E-state index contributed by atoms with van der Waals surface area (Å²) in [4.78, 5) is 15.4. The van der Waals surface area contributed by atoms with Gasteiger partial charge in [-0.3, -0.25) is 0 Å². The van der Waals surface area contributed by atoms with Crippen LogP contribution in [0.25, 0.3) is 89.8 Å². The second kappa shape index (κ2) is 14.8. The quantitative estimate of drug-likeness (QED) is 0.159. The molecule has 9 aromatic rings. The molecule has 0 fully saturated rings. The summed E-state index contributed by atoms with van der Waals surface area (Å²) in [6.07, 6.45) is 0. The molecule has 0 saturated heterocycles. The summed E-state index contributed by atoms with van der Waals surface area (Å²) >= 11 is 0. The second-order valence-electron chi connectivity index (χ2n) is 13.2. The van der Waals surface area contributed by atoms with Crippen LogP contribution in [0.5, 0.6) is 0 Å². The number of hydrogen-bond donors (Lipinski definition) is 0. The molecule has 3 heteroatoms. The number of aromatic nitrogens is 3. The van der Waals surface area contributed by atoms with E-state index in [1.54, 1.807) is 0 Å². The van der Waals surface area contributed by atoms with Gasteiger partial charge in [0.1, 0.15) is 0 Å². The number of benzene rings is 8. The Hall–Kier alpha value is -7.23. The van der Waals surface area contributed by atoms with Crippen molar-refractivity contribution in [3.05, 3.63) is 212 Å². The van der Waals surface area contributed by atoms with Crippen LogP contribution in [-0.2, 0) is 0 Å². The Morgan fingerprint density at radius 3 is 1.06 bits per heavy atom. The zero-order chi connectivity index (χ0) is 36.1. The first-order valence-corrected chi connectivity index (χ1v) is 18.2. The molecule has 0 atom stereocenters. The maximum atomic E-state index is 5.16. The van der Waals surface area contributed by atoms with E-state index in [0.29, 0.717) is 17.5 Å². The fourth-order valence-corrected chi connectivity index (χ4v) is 7.13. The third-order valence-electron chi connectivity index (χ3n) is 9.80. The zero-order valence-electron chi connectivity index (χ0n) is 29.5. The molecular formula is C51H35N3. The van der Waals surface area contributed by atoms with E-state index in [9.17, 15) is 0 Å². The van der Waals surface area contributed by atoms with Gasteiger partial charge in [0, 0.05) is 16.7 Å². The first-order chi connectivity index (χ1) is 26.8. The monoisotopic (exact) mass is 689 g/mol. The smallest absolute Gasteiger partial charge is 0.164 e. The Labute approximate surface area is 316 Å². The average molecular weight is 690 g/mol. The summed E-state index contributed by atoms with van der Waals surface area (Å²) < 4.78 is 0. The van der Waals surface area contributed by atoms with Crippen LogP contribution in [0.15, 0.2) is 212 Å². The van der Waals surface area contributed by atoms with Crippen LogP contribution >= 0.6 is 0 Å². The van der Waals surface area contributed by atoms with Crippen molar-refractivity contribution in [3.8, 4) is 89.8 Å². The molecule has 0 amide bonds. The van der Waals surface area contributed by atoms with Crippen molar-refractivity contribution in [2.75, 3.05) is 0 Å². The highest BCUT2D eigenvalue weighted by atomic mass is 15.0.